The van der Waals surface area contributed by atoms with Crippen molar-refractivity contribution in [3.8, 4) is 0 Å². The van der Waals surface area contributed by atoms with Gasteiger partial charge in [-0.05, 0) is 37.0 Å². The van der Waals surface area contributed by atoms with Gasteiger partial charge in [0.05, 0.1) is 0 Å². The Morgan fingerprint density at radius 3 is 2.33 bits per heavy atom. The second-order valence-electron chi connectivity index (χ2n) is 5.70. The van der Waals surface area contributed by atoms with Crippen molar-refractivity contribution >= 4 is 12.0 Å². The van der Waals surface area contributed by atoms with Gasteiger partial charge in [0, 0.05) is 5.57 Å². The summed E-state index contributed by atoms with van der Waals surface area (Å²) in [7, 11) is 0. The third-order valence-electron chi connectivity index (χ3n) is 3.81. The summed E-state index contributed by atoms with van der Waals surface area (Å²) in [6.45, 7) is 3.89. The number of aryl methyl sites for hydroxylation is 1. The number of hydrogen-bond acceptors (Lipinski definition) is 1. The van der Waals surface area contributed by atoms with Crippen LogP contribution in [0.15, 0.2) is 29.8 Å². The fraction of sp³-hybridized carbons (Fsp3) is 0.526. The van der Waals surface area contributed by atoms with E-state index in [2.05, 4.69) is 13.0 Å². The van der Waals surface area contributed by atoms with Crippen molar-refractivity contribution in [2.45, 2.75) is 65.2 Å². The van der Waals surface area contributed by atoms with E-state index in [1.807, 2.05) is 18.2 Å². The van der Waals surface area contributed by atoms with E-state index in [1.165, 1.54) is 50.5 Å². The molecule has 1 N–H and O–H groups in total. The summed E-state index contributed by atoms with van der Waals surface area (Å²) < 4.78 is 0. The molecule has 21 heavy (non-hydrogen) atoms. The van der Waals surface area contributed by atoms with Gasteiger partial charge in [-0.25, -0.2) is 4.79 Å². The van der Waals surface area contributed by atoms with Crippen molar-refractivity contribution in [2.24, 2.45) is 0 Å². The molecule has 0 fully saturated rings. The van der Waals surface area contributed by atoms with Crippen LogP contribution in [-0.2, 0) is 11.2 Å². The third kappa shape index (κ3) is 7.12. The highest BCUT2D eigenvalue weighted by atomic mass is 16.4. The van der Waals surface area contributed by atoms with Crippen LogP contribution in [0.4, 0.5) is 0 Å². The van der Waals surface area contributed by atoms with Gasteiger partial charge in [0.2, 0.25) is 0 Å². The normalized spacial score (nSPS) is 11.6. The number of hydrogen-bond donors (Lipinski definition) is 1. The Bertz CT molecular complexity index is 460. The van der Waals surface area contributed by atoms with Crippen molar-refractivity contribution < 1.29 is 9.90 Å². The lowest BCUT2D eigenvalue weighted by atomic mass is 9.99. The SMILES string of the molecule is CCCCCCCCCc1ccccc1C=C(C)C(=O)O. The van der Waals surface area contributed by atoms with Crippen LogP contribution < -0.4 is 0 Å². The zero-order valence-corrected chi connectivity index (χ0v) is 13.4. The maximum Gasteiger partial charge on any atom is 0.331 e. The molecule has 1 aromatic rings. The molecular weight excluding hydrogens is 260 g/mol. The third-order valence-corrected chi connectivity index (χ3v) is 3.81. The highest BCUT2D eigenvalue weighted by Gasteiger charge is 2.03. The highest BCUT2D eigenvalue weighted by Crippen LogP contribution is 2.17. The molecule has 0 aliphatic carbocycles. The number of carboxylic acids is 1. The van der Waals surface area contributed by atoms with Crippen molar-refractivity contribution in [1.29, 1.82) is 0 Å². The van der Waals surface area contributed by atoms with E-state index >= 15 is 0 Å². The van der Waals surface area contributed by atoms with Crippen LogP contribution in [0.25, 0.3) is 6.08 Å². The number of benzene rings is 1. The van der Waals surface area contributed by atoms with Crippen molar-refractivity contribution in [1.82, 2.24) is 0 Å². The Hall–Kier alpha value is -1.57. The van der Waals surface area contributed by atoms with Crippen LogP contribution >= 0.6 is 0 Å². The predicted octanol–water partition coefficient (Wildman–Crippen LogP) is 5.47. The van der Waals surface area contributed by atoms with Crippen LogP contribution in [0.3, 0.4) is 0 Å². The minimum atomic E-state index is -0.847. The van der Waals surface area contributed by atoms with E-state index < -0.39 is 5.97 Å². The lowest BCUT2D eigenvalue weighted by molar-refractivity contribution is -0.132. The van der Waals surface area contributed by atoms with Gasteiger partial charge in [-0.1, -0.05) is 69.7 Å². The van der Waals surface area contributed by atoms with Gasteiger partial charge < -0.3 is 5.11 Å². The Balaban J connectivity index is 2.45. The van der Waals surface area contributed by atoms with E-state index in [1.54, 1.807) is 13.0 Å². The first-order chi connectivity index (χ1) is 10.1. The van der Waals surface area contributed by atoms with Crippen LogP contribution in [-0.4, -0.2) is 11.1 Å². The summed E-state index contributed by atoms with van der Waals surface area (Å²) in [6, 6.07) is 8.11. The van der Waals surface area contributed by atoms with Gasteiger partial charge in [0.25, 0.3) is 0 Å². The summed E-state index contributed by atoms with van der Waals surface area (Å²) >= 11 is 0. The molecule has 0 aliphatic heterocycles. The second kappa shape index (κ2) is 10.2. The van der Waals surface area contributed by atoms with E-state index in [0.29, 0.717) is 5.57 Å². The first kappa shape index (κ1) is 17.5. The zero-order chi connectivity index (χ0) is 15.5. The lowest BCUT2D eigenvalue weighted by Gasteiger charge is -2.07. The molecule has 0 aromatic heterocycles. The van der Waals surface area contributed by atoms with Crippen molar-refractivity contribution in [3.63, 3.8) is 0 Å². The smallest absolute Gasteiger partial charge is 0.331 e. The van der Waals surface area contributed by atoms with Gasteiger partial charge in [-0.2, -0.15) is 0 Å². The van der Waals surface area contributed by atoms with Crippen LogP contribution in [0.5, 0.6) is 0 Å². The molecule has 2 nitrogen and oxygen atoms in total. The Morgan fingerprint density at radius 1 is 1.05 bits per heavy atom. The molecule has 1 rings (SSSR count). The van der Waals surface area contributed by atoms with E-state index in [0.717, 1.165) is 12.0 Å². The summed E-state index contributed by atoms with van der Waals surface area (Å²) in [5.74, 6) is -0.847. The molecular formula is C19H28O2. The largest absolute Gasteiger partial charge is 0.478 e. The van der Waals surface area contributed by atoms with Gasteiger partial charge in [-0.3, -0.25) is 0 Å². The number of rotatable bonds is 10. The summed E-state index contributed by atoms with van der Waals surface area (Å²) in [5, 5.41) is 8.98. The Kier molecular flexibility index (Phi) is 8.49. The van der Waals surface area contributed by atoms with E-state index in [9.17, 15) is 4.79 Å². The summed E-state index contributed by atoms with van der Waals surface area (Å²) in [6.07, 6.45) is 11.9. The standard InChI is InChI=1S/C19H28O2/c1-3-4-5-6-7-8-9-12-17-13-10-11-14-18(17)15-16(2)19(20)21/h10-11,13-15H,3-9,12H2,1-2H3,(H,20,21). The van der Waals surface area contributed by atoms with Crippen LogP contribution in [0, 0.1) is 0 Å². The second-order valence-corrected chi connectivity index (χ2v) is 5.70. The molecule has 0 bridgehead atoms. The van der Waals surface area contributed by atoms with Crippen molar-refractivity contribution in [3.05, 3.63) is 41.0 Å². The van der Waals surface area contributed by atoms with Gasteiger partial charge in [-0.15, -0.1) is 0 Å². The predicted molar refractivity (Wildman–Crippen MR) is 89.4 cm³/mol. The molecule has 0 heterocycles. The first-order valence-corrected chi connectivity index (χ1v) is 8.14. The lowest BCUT2D eigenvalue weighted by Crippen LogP contribution is -1.97. The minimum Gasteiger partial charge on any atom is -0.478 e. The maximum atomic E-state index is 10.9. The average molecular weight is 288 g/mol. The number of carbonyl (C=O) groups is 1. The van der Waals surface area contributed by atoms with Gasteiger partial charge >= 0.3 is 5.97 Å². The number of unbranched alkanes of at least 4 members (excludes halogenated alkanes) is 6. The molecule has 0 saturated carbocycles. The highest BCUT2D eigenvalue weighted by molar-refractivity contribution is 5.91. The summed E-state index contributed by atoms with van der Waals surface area (Å²) in [4.78, 5) is 10.9. The molecule has 0 atom stereocenters. The number of aliphatic carboxylic acids is 1. The van der Waals surface area contributed by atoms with E-state index in [4.69, 9.17) is 5.11 Å². The van der Waals surface area contributed by atoms with Crippen LogP contribution in [0.1, 0.15) is 69.9 Å². The summed E-state index contributed by atoms with van der Waals surface area (Å²) in [5.41, 5.74) is 2.69. The molecule has 0 unspecified atom stereocenters. The van der Waals surface area contributed by atoms with Crippen molar-refractivity contribution in [2.75, 3.05) is 0 Å². The fourth-order valence-electron chi connectivity index (χ4n) is 2.47. The minimum absolute atomic E-state index is 0.391. The molecule has 0 saturated heterocycles. The van der Waals surface area contributed by atoms with Crippen LogP contribution in [0.2, 0.25) is 0 Å². The average Bonchev–Trinajstić information content (AvgIpc) is 2.47. The maximum absolute atomic E-state index is 10.9. The molecule has 0 radical (unpaired) electrons. The molecule has 0 amide bonds. The molecule has 0 spiro atoms. The quantitative estimate of drug-likeness (QED) is 0.458. The van der Waals surface area contributed by atoms with E-state index in [-0.39, 0.29) is 0 Å². The molecule has 1 aromatic carbocycles. The monoisotopic (exact) mass is 288 g/mol. The zero-order valence-electron chi connectivity index (χ0n) is 13.4. The van der Waals surface area contributed by atoms with Gasteiger partial charge in [0.15, 0.2) is 0 Å². The number of carboxylic acid groups (broad SMARTS) is 1. The molecule has 2 heteroatoms. The fourth-order valence-corrected chi connectivity index (χ4v) is 2.47. The first-order valence-electron chi connectivity index (χ1n) is 8.14. The van der Waals surface area contributed by atoms with Gasteiger partial charge in [0.1, 0.15) is 0 Å². The molecule has 116 valence electrons. The Morgan fingerprint density at radius 2 is 1.67 bits per heavy atom. The topological polar surface area (TPSA) is 37.3 Å². The Labute approximate surface area is 128 Å². The molecule has 0 aliphatic rings.